The van der Waals surface area contributed by atoms with E-state index in [0.717, 1.165) is 11.4 Å². The summed E-state index contributed by atoms with van der Waals surface area (Å²) in [5.74, 6) is -1.59. The third-order valence-electron chi connectivity index (χ3n) is 2.42. The van der Waals surface area contributed by atoms with Crippen LogP contribution in [0.1, 0.15) is 21.7 Å². The van der Waals surface area contributed by atoms with Crippen LogP contribution in [-0.2, 0) is 4.79 Å². The van der Waals surface area contributed by atoms with E-state index in [4.69, 9.17) is 5.11 Å². The van der Waals surface area contributed by atoms with Crippen molar-refractivity contribution < 1.29 is 14.7 Å². The molecule has 7 heteroatoms. The predicted molar refractivity (Wildman–Crippen MR) is 62.4 cm³/mol. The molecule has 0 radical (unpaired) electrons. The summed E-state index contributed by atoms with van der Waals surface area (Å²) in [6, 6.07) is 1.85. The van der Waals surface area contributed by atoms with Crippen molar-refractivity contribution in [3.8, 4) is 0 Å². The van der Waals surface area contributed by atoms with Crippen LogP contribution in [0.5, 0.6) is 0 Å². The molecule has 2 N–H and O–H groups in total. The third kappa shape index (κ3) is 2.15. The van der Waals surface area contributed by atoms with E-state index in [0.29, 0.717) is 5.65 Å². The van der Waals surface area contributed by atoms with Gasteiger partial charge in [0.25, 0.3) is 5.91 Å². The van der Waals surface area contributed by atoms with E-state index in [1.807, 2.05) is 19.9 Å². The van der Waals surface area contributed by atoms with E-state index in [-0.39, 0.29) is 5.56 Å². The summed E-state index contributed by atoms with van der Waals surface area (Å²) in [6.07, 6.45) is 1.38. The fourth-order valence-electron chi connectivity index (χ4n) is 1.68. The number of carboxylic acid groups (broad SMARTS) is 1. The third-order valence-corrected chi connectivity index (χ3v) is 2.42. The van der Waals surface area contributed by atoms with Crippen LogP contribution in [0.25, 0.3) is 5.65 Å². The van der Waals surface area contributed by atoms with Gasteiger partial charge >= 0.3 is 5.97 Å². The number of aryl methyl sites for hydroxylation is 2. The molecule has 0 fully saturated rings. The number of aromatic nitrogens is 3. The topological polar surface area (TPSA) is 96.6 Å². The van der Waals surface area contributed by atoms with Gasteiger partial charge in [-0.05, 0) is 19.9 Å². The number of carbonyl (C=O) groups excluding carboxylic acids is 1. The van der Waals surface area contributed by atoms with Crippen LogP contribution in [0.4, 0.5) is 0 Å². The minimum atomic E-state index is -1.10. The molecule has 0 aromatic carbocycles. The van der Waals surface area contributed by atoms with Gasteiger partial charge in [-0.2, -0.15) is 5.10 Å². The molecule has 2 aromatic rings. The monoisotopic (exact) mass is 248 g/mol. The highest BCUT2D eigenvalue weighted by molar-refractivity contribution is 6.00. The molecule has 0 aliphatic heterocycles. The van der Waals surface area contributed by atoms with Crippen LogP contribution < -0.4 is 5.32 Å². The Balaban J connectivity index is 2.40. The van der Waals surface area contributed by atoms with Crippen LogP contribution in [-0.4, -0.2) is 38.1 Å². The first-order valence-corrected chi connectivity index (χ1v) is 5.31. The zero-order valence-electron chi connectivity index (χ0n) is 9.97. The van der Waals surface area contributed by atoms with Crippen LogP contribution in [0.15, 0.2) is 12.3 Å². The predicted octanol–water partition coefficient (Wildman–Crippen LogP) is 0.161. The minimum Gasteiger partial charge on any atom is -0.480 e. The van der Waals surface area contributed by atoms with Crippen molar-refractivity contribution in [3.63, 3.8) is 0 Å². The minimum absolute atomic E-state index is 0.267. The van der Waals surface area contributed by atoms with Gasteiger partial charge in [-0.3, -0.25) is 9.59 Å². The zero-order valence-corrected chi connectivity index (χ0v) is 9.97. The van der Waals surface area contributed by atoms with E-state index in [2.05, 4.69) is 15.4 Å². The van der Waals surface area contributed by atoms with Crippen molar-refractivity contribution >= 4 is 17.5 Å². The molecule has 0 atom stereocenters. The molecule has 1 amide bonds. The first-order valence-electron chi connectivity index (χ1n) is 5.31. The summed E-state index contributed by atoms with van der Waals surface area (Å²) in [6.45, 7) is 3.24. The Kier molecular flexibility index (Phi) is 2.97. The van der Waals surface area contributed by atoms with Gasteiger partial charge in [-0.25, -0.2) is 9.50 Å². The highest BCUT2D eigenvalue weighted by Gasteiger charge is 2.15. The summed E-state index contributed by atoms with van der Waals surface area (Å²) in [7, 11) is 0. The summed E-state index contributed by atoms with van der Waals surface area (Å²) in [5, 5.41) is 14.8. The number of carbonyl (C=O) groups is 2. The molecule has 0 spiro atoms. The van der Waals surface area contributed by atoms with Crippen molar-refractivity contribution in [1.82, 2.24) is 19.9 Å². The number of nitrogens with one attached hydrogen (secondary N) is 1. The molecule has 2 rings (SSSR count). The number of fused-ring (bicyclic) bond motifs is 1. The molecule has 0 saturated carbocycles. The fourth-order valence-corrected chi connectivity index (χ4v) is 1.68. The second-order valence-electron chi connectivity index (χ2n) is 3.91. The van der Waals surface area contributed by atoms with E-state index >= 15 is 0 Å². The molecular formula is C11H12N4O3. The van der Waals surface area contributed by atoms with Crippen LogP contribution in [0, 0.1) is 13.8 Å². The number of amides is 1. The summed E-state index contributed by atoms with van der Waals surface area (Å²) in [5.41, 5.74) is 2.32. The SMILES string of the molecule is Cc1cc(C)n2ncc(C(=O)NCC(=O)O)c2n1. The van der Waals surface area contributed by atoms with Crippen molar-refractivity contribution in [3.05, 3.63) is 29.2 Å². The number of aliphatic carboxylic acids is 1. The Morgan fingerprint density at radius 3 is 2.83 bits per heavy atom. The second-order valence-corrected chi connectivity index (χ2v) is 3.91. The highest BCUT2D eigenvalue weighted by Crippen LogP contribution is 2.11. The maximum Gasteiger partial charge on any atom is 0.322 e. The second kappa shape index (κ2) is 4.44. The summed E-state index contributed by atoms with van der Waals surface area (Å²) in [4.78, 5) is 26.4. The molecule has 2 aromatic heterocycles. The molecule has 0 aliphatic carbocycles. The number of hydrogen-bond donors (Lipinski definition) is 2. The number of rotatable bonds is 3. The van der Waals surface area contributed by atoms with E-state index in [1.54, 1.807) is 4.52 Å². The lowest BCUT2D eigenvalue weighted by Gasteiger charge is -2.02. The molecule has 0 aliphatic rings. The first-order chi connectivity index (χ1) is 8.49. The molecule has 0 bridgehead atoms. The van der Waals surface area contributed by atoms with Gasteiger partial charge in [0.15, 0.2) is 5.65 Å². The van der Waals surface area contributed by atoms with E-state index in [9.17, 15) is 9.59 Å². The van der Waals surface area contributed by atoms with Gasteiger partial charge in [0.1, 0.15) is 12.1 Å². The Hall–Kier alpha value is -2.44. The zero-order chi connectivity index (χ0) is 13.3. The average molecular weight is 248 g/mol. The van der Waals surface area contributed by atoms with E-state index in [1.165, 1.54) is 6.20 Å². The summed E-state index contributed by atoms with van der Waals surface area (Å²) < 4.78 is 1.54. The molecule has 18 heavy (non-hydrogen) atoms. The number of hydrogen-bond acceptors (Lipinski definition) is 4. The molecule has 94 valence electrons. The molecular weight excluding hydrogens is 236 g/mol. The van der Waals surface area contributed by atoms with Crippen molar-refractivity contribution in [2.24, 2.45) is 0 Å². The quantitative estimate of drug-likeness (QED) is 0.806. The van der Waals surface area contributed by atoms with Gasteiger partial charge < -0.3 is 10.4 Å². The van der Waals surface area contributed by atoms with Crippen LogP contribution >= 0.6 is 0 Å². The first kappa shape index (κ1) is 12.0. The van der Waals surface area contributed by atoms with Crippen molar-refractivity contribution in [1.29, 1.82) is 0 Å². The van der Waals surface area contributed by atoms with Crippen molar-refractivity contribution in [2.75, 3.05) is 6.54 Å². The van der Waals surface area contributed by atoms with Gasteiger partial charge in [0.05, 0.1) is 6.20 Å². The molecule has 2 heterocycles. The van der Waals surface area contributed by atoms with Crippen molar-refractivity contribution in [2.45, 2.75) is 13.8 Å². The molecule has 0 saturated heterocycles. The van der Waals surface area contributed by atoms with Gasteiger partial charge in [0, 0.05) is 11.4 Å². The normalized spacial score (nSPS) is 10.6. The van der Waals surface area contributed by atoms with Crippen LogP contribution in [0.3, 0.4) is 0 Å². The largest absolute Gasteiger partial charge is 0.480 e. The molecule has 7 nitrogen and oxygen atoms in total. The Bertz CT molecular complexity index is 632. The number of nitrogens with zero attached hydrogens (tertiary/aromatic N) is 3. The lowest BCUT2D eigenvalue weighted by molar-refractivity contribution is -0.135. The standard InChI is InChI=1S/C11H12N4O3/c1-6-3-7(2)15-10(14-6)8(4-13-15)11(18)12-5-9(16)17/h3-4H,5H2,1-2H3,(H,12,18)(H,16,17). The molecule has 0 unspecified atom stereocenters. The lowest BCUT2D eigenvalue weighted by atomic mass is 10.3. The summed E-state index contributed by atoms with van der Waals surface area (Å²) >= 11 is 0. The van der Waals surface area contributed by atoms with Gasteiger partial charge in [-0.1, -0.05) is 0 Å². The number of carboxylic acids is 1. The highest BCUT2D eigenvalue weighted by atomic mass is 16.4. The van der Waals surface area contributed by atoms with Crippen LogP contribution in [0.2, 0.25) is 0 Å². The fraction of sp³-hybridized carbons (Fsp3) is 0.273. The Morgan fingerprint density at radius 2 is 2.17 bits per heavy atom. The maximum atomic E-state index is 11.8. The Labute approximate surface area is 102 Å². The van der Waals surface area contributed by atoms with Gasteiger partial charge in [-0.15, -0.1) is 0 Å². The lowest BCUT2D eigenvalue weighted by Crippen LogP contribution is -2.29. The van der Waals surface area contributed by atoms with E-state index < -0.39 is 18.4 Å². The maximum absolute atomic E-state index is 11.8. The Morgan fingerprint density at radius 1 is 1.44 bits per heavy atom. The van der Waals surface area contributed by atoms with Gasteiger partial charge in [0.2, 0.25) is 0 Å². The smallest absolute Gasteiger partial charge is 0.322 e. The average Bonchev–Trinajstić information content (AvgIpc) is 2.69.